The Bertz CT molecular complexity index is 894. The average Bonchev–Trinajstić information content (AvgIpc) is 2.98. The van der Waals surface area contributed by atoms with Crippen LogP contribution in [0.5, 0.6) is 0 Å². The van der Waals surface area contributed by atoms with Crippen molar-refractivity contribution in [1.29, 1.82) is 0 Å². The predicted octanol–water partition coefficient (Wildman–Crippen LogP) is 0.0152. The second kappa shape index (κ2) is 8.12. The number of carbonyl (C=O) groups excluding carboxylic acids is 1. The number of nitrogens with two attached hydrogens (primary N) is 2. The van der Waals surface area contributed by atoms with Gasteiger partial charge in [0.15, 0.2) is 5.69 Å². The summed E-state index contributed by atoms with van der Waals surface area (Å²) in [5.74, 6) is -1.83. The number of nitrogens with zero attached hydrogens (tertiary/aromatic N) is 1. The van der Waals surface area contributed by atoms with Crippen molar-refractivity contribution in [3.8, 4) is 11.1 Å². The Morgan fingerprint density at radius 3 is 2.48 bits per heavy atom. The number of hydrogen-bond donors (Lipinski definition) is 4. The number of aromatic carboxylic acids is 1. The molecule has 0 spiro atoms. The summed E-state index contributed by atoms with van der Waals surface area (Å²) in [6, 6.07) is 7.44. The van der Waals surface area contributed by atoms with Gasteiger partial charge in [-0.2, -0.15) is 8.42 Å². The van der Waals surface area contributed by atoms with Crippen molar-refractivity contribution >= 4 is 34.5 Å². The maximum atomic E-state index is 12.0. The van der Waals surface area contributed by atoms with E-state index in [1.165, 1.54) is 12.1 Å². The number of nitrogens with one attached hydrogen (secondary N) is 1. The van der Waals surface area contributed by atoms with Crippen molar-refractivity contribution in [2.45, 2.75) is 0 Å². The third-order valence-corrected chi connectivity index (χ3v) is 4.05. The SMILES string of the molecule is Cl.NCCNC(=O)c1cccc(-c2ccn(S(N)(=O)=O)c2C(=O)O)c1. The number of hydrogen-bond acceptors (Lipinski definition) is 5. The first kappa shape index (κ1) is 20.6. The average molecular weight is 389 g/mol. The zero-order valence-corrected chi connectivity index (χ0v) is 14.5. The van der Waals surface area contributed by atoms with Gasteiger partial charge in [-0.1, -0.05) is 12.1 Å². The van der Waals surface area contributed by atoms with Gasteiger partial charge in [0.05, 0.1) is 0 Å². The van der Waals surface area contributed by atoms with Gasteiger partial charge in [-0.25, -0.2) is 13.9 Å². The number of aromatic nitrogens is 1. The second-order valence-electron chi connectivity index (χ2n) is 4.85. The van der Waals surface area contributed by atoms with Gasteiger partial charge in [-0.05, 0) is 23.8 Å². The Morgan fingerprint density at radius 2 is 1.92 bits per heavy atom. The molecule has 1 amide bonds. The van der Waals surface area contributed by atoms with E-state index in [9.17, 15) is 23.1 Å². The lowest BCUT2D eigenvalue weighted by Gasteiger charge is -2.08. The summed E-state index contributed by atoms with van der Waals surface area (Å²) in [5.41, 5.74) is 5.61. The van der Waals surface area contributed by atoms with Crippen molar-refractivity contribution in [2.24, 2.45) is 10.9 Å². The minimum Gasteiger partial charge on any atom is -0.477 e. The molecule has 11 heteroatoms. The third kappa shape index (κ3) is 4.57. The van der Waals surface area contributed by atoms with Crippen LogP contribution in [0.4, 0.5) is 0 Å². The highest BCUT2D eigenvalue weighted by Crippen LogP contribution is 2.26. The van der Waals surface area contributed by atoms with Crippen LogP contribution in [0.25, 0.3) is 11.1 Å². The fourth-order valence-electron chi connectivity index (χ4n) is 2.18. The van der Waals surface area contributed by atoms with Crippen molar-refractivity contribution < 1.29 is 23.1 Å². The van der Waals surface area contributed by atoms with Crippen LogP contribution in [-0.2, 0) is 10.2 Å². The van der Waals surface area contributed by atoms with Crippen molar-refractivity contribution in [3.63, 3.8) is 0 Å². The number of carbonyl (C=O) groups is 2. The molecule has 0 atom stereocenters. The Balaban J connectivity index is 0.00000312. The molecule has 0 bridgehead atoms. The van der Waals surface area contributed by atoms with E-state index < -0.39 is 21.9 Å². The van der Waals surface area contributed by atoms with E-state index in [-0.39, 0.29) is 30.4 Å². The van der Waals surface area contributed by atoms with Crippen LogP contribution in [0, 0.1) is 0 Å². The first-order chi connectivity index (χ1) is 11.3. The molecule has 1 heterocycles. The van der Waals surface area contributed by atoms with Gasteiger partial charge >= 0.3 is 16.2 Å². The number of carboxylic acids is 1. The van der Waals surface area contributed by atoms with E-state index >= 15 is 0 Å². The summed E-state index contributed by atoms with van der Waals surface area (Å²) < 4.78 is 23.5. The van der Waals surface area contributed by atoms with E-state index in [4.69, 9.17) is 10.9 Å². The molecule has 0 aliphatic carbocycles. The van der Waals surface area contributed by atoms with Crippen LogP contribution in [0.1, 0.15) is 20.8 Å². The van der Waals surface area contributed by atoms with Crippen LogP contribution in [0.3, 0.4) is 0 Å². The van der Waals surface area contributed by atoms with Gasteiger partial charge in [0, 0.05) is 30.4 Å². The quantitative estimate of drug-likeness (QED) is 0.546. The smallest absolute Gasteiger partial charge is 0.354 e. The highest BCUT2D eigenvalue weighted by atomic mass is 35.5. The molecule has 6 N–H and O–H groups in total. The van der Waals surface area contributed by atoms with Crippen LogP contribution in [0.15, 0.2) is 36.5 Å². The van der Waals surface area contributed by atoms with Gasteiger partial charge in [-0.3, -0.25) is 4.79 Å². The standard InChI is InChI=1S/C14H16N4O5S.ClH/c15-5-6-17-13(19)10-3-1-2-9(8-10)11-4-7-18(24(16,22)23)12(11)14(20)21;/h1-4,7-8H,5-6,15H2,(H,17,19)(H,20,21)(H2,16,22,23);1H. The number of benzene rings is 1. The van der Waals surface area contributed by atoms with Gasteiger partial charge in [0.25, 0.3) is 5.91 Å². The van der Waals surface area contributed by atoms with E-state index in [1.807, 2.05) is 0 Å². The Kier molecular flexibility index (Phi) is 6.70. The number of carboxylic acid groups (broad SMARTS) is 1. The second-order valence-corrected chi connectivity index (χ2v) is 6.27. The van der Waals surface area contributed by atoms with E-state index in [0.29, 0.717) is 21.6 Å². The van der Waals surface area contributed by atoms with E-state index in [1.54, 1.807) is 18.2 Å². The summed E-state index contributed by atoms with van der Waals surface area (Å²) in [4.78, 5) is 23.4. The molecule has 0 aliphatic rings. The zero-order chi connectivity index (χ0) is 17.9. The van der Waals surface area contributed by atoms with Crippen LogP contribution < -0.4 is 16.2 Å². The Morgan fingerprint density at radius 1 is 1.24 bits per heavy atom. The molecular formula is C14H17ClN4O5S. The topological polar surface area (TPSA) is 158 Å². The Labute approximate surface area is 150 Å². The minimum absolute atomic E-state index is 0. The molecular weight excluding hydrogens is 372 g/mol. The molecule has 9 nitrogen and oxygen atoms in total. The maximum Gasteiger partial charge on any atom is 0.354 e. The third-order valence-electron chi connectivity index (χ3n) is 3.19. The number of rotatable bonds is 6. The largest absolute Gasteiger partial charge is 0.477 e. The Hall–Kier alpha value is -2.40. The highest BCUT2D eigenvalue weighted by molar-refractivity contribution is 7.87. The first-order valence-corrected chi connectivity index (χ1v) is 8.32. The first-order valence-electron chi connectivity index (χ1n) is 6.82. The molecule has 0 fully saturated rings. The molecule has 2 rings (SSSR count). The lowest BCUT2D eigenvalue weighted by atomic mass is 10.0. The lowest BCUT2D eigenvalue weighted by Crippen LogP contribution is -2.28. The molecule has 25 heavy (non-hydrogen) atoms. The summed E-state index contributed by atoms with van der Waals surface area (Å²) >= 11 is 0. The number of halogens is 1. The normalized spacial score (nSPS) is 10.8. The molecule has 0 radical (unpaired) electrons. The molecule has 0 unspecified atom stereocenters. The van der Waals surface area contributed by atoms with E-state index in [2.05, 4.69) is 5.32 Å². The fraction of sp³-hybridized carbons (Fsp3) is 0.143. The van der Waals surface area contributed by atoms with Gasteiger partial charge in [0.1, 0.15) is 0 Å². The lowest BCUT2D eigenvalue weighted by molar-refractivity contribution is 0.0690. The minimum atomic E-state index is -4.26. The van der Waals surface area contributed by atoms with E-state index in [0.717, 1.165) is 6.20 Å². The predicted molar refractivity (Wildman–Crippen MR) is 94.0 cm³/mol. The van der Waals surface area contributed by atoms with Gasteiger partial charge in [-0.15, -0.1) is 12.4 Å². The van der Waals surface area contributed by atoms with Crippen molar-refractivity contribution in [2.75, 3.05) is 13.1 Å². The maximum absolute atomic E-state index is 12.0. The summed E-state index contributed by atoms with van der Waals surface area (Å²) in [5, 5.41) is 16.9. The van der Waals surface area contributed by atoms with Crippen molar-refractivity contribution in [1.82, 2.24) is 9.29 Å². The molecule has 136 valence electrons. The monoisotopic (exact) mass is 388 g/mol. The van der Waals surface area contributed by atoms with Gasteiger partial charge in [0.2, 0.25) is 0 Å². The summed E-state index contributed by atoms with van der Waals surface area (Å²) in [6.45, 7) is 0.580. The molecule has 0 saturated carbocycles. The van der Waals surface area contributed by atoms with Crippen molar-refractivity contribution in [3.05, 3.63) is 47.8 Å². The molecule has 2 aromatic rings. The molecule has 0 aliphatic heterocycles. The van der Waals surface area contributed by atoms with Crippen LogP contribution >= 0.6 is 12.4 Å². The molecule has 1 aromatic heterocycles. The van der Waals surface area contributed by atoms with Crippen LogP contribution in [-0.4, -0.2) is 42.5 Å². The van der Waals surface area contributed by atoms with Crippen LogP contribution in [0.2, 0.25) is 0 Å². The zero-order valence-electron chi connectivity index (χ0n) is 12.9. The highest BCUT2D eigenvalue weighted by Gasteiger charge is 2.23. The molecule has 0 saturated heterocycles. The molecule has 1 aromatic carbocycles. The van der Waals surface area contributed by atoms with Gasteiger partial charge < -0.3 is 16.2 Å². The summed E-state index contributed by atoms with van der Waals surface area (Å²) in [7, 11) is -4.26. The number of amides is 1. The fourth-order valence-corrected chi connectivity index (χ4v) is 2.85. The summed E-state index contributed by atoms with van der Waals surface area (Å²) in [6.07, 6.45) is 1.05.